The number of hydrogen-bond donors (Lipinski definition) is 0. The van der Waals surface area contributed by atoms with Gasteiger partial charge in [0.1, 0.15) is 17.8 Å². The van der Waals surface area contributed by atoms with Gasteiger partial charge in [-0.25, -0.2) is 4.57 Å². The molecule has 0 fully saturated rings. The van der Waals surface area contributed by atoms with Crippen LogP contribution >= 0.6 is 0 Å². The van der Waals surface area contributed by atoms with Gasteiger partial charge in [0, 0.05) is 34.6 Å². The first-order valence-electron chi connectivity index (χ1n) is 19.7. The Hall–Kier alpha value is -5.28. The van der Waals surface area contributed by atoms with Gasteiger partial charge in [-0.05, 0) is 92.1 Å². The van der Waals surface area contributed by atoms with Crippen molar-refractivity contribution < 1.29 is 9.13 Å². The van der Waals surface area contributed by atoms with Crippen molar-refractivity contribution in [2.75, 3.05) is 0 Å². The monoisotopic (exact) mass is 695 g/mol. The van der Waals surface area contributed by atoms with Crippen LogP contribution in [-0.4, -0.2) is 4.57 Å². The van der Waals surface area contributed by atoms with Gasteiger partial charge in [0.25, 0.3) is 5.82 Å². The first-order valence-corrected chi connectivity index (χ1v) is 19.7. The summed E-state index contributed by atoms with van der Waals surface area (Å²) >= 11 is 0. The minimum atomic E-state index is -0.168. The van der Waals surface area contributed by atoms with E-state index in [4.69, 9.17) is 0 Å². The largest absolute Gasteiger partial charge is 0.295 e. The third kappa shape index (κ3) is 5.55. The summed E-state index contributed by atoms with van der Waals surface area (Å²) in [6, 6.07) is 51.7. The zero-order chi connectivity index (χ0) is 36.7. The summed E-state index contributed by atoms with van der Waals surface area (Å²) < 4.78 is 7.86. The van der Waals surface area contributed by atoms with Crippen LogP contribution in [0.3, 0.4) is 0 Å². The molecule has 53 heavy (non-hydrogen) atoms. The van der Waals surface area contributed by atoms with E-state index in [1.54, 1.807) is 0 Å². The molecule has 2 aromatic heterocycles. The van der Waals surface area contributed by atoms with E-state index in [9.17, 15) is 0 Å². The maximum Gasteiger partial charge on any atom is 0.295 e. The summed E-state index contributed by atoms with van der Waals surface area (Å²) in [5.41, 5.74) is 14.2. The molecular formula is C50H53N3+2. The maximum atomic E-state index is 2.76. The van der Waals surface area contributed by atoms with Crippen LogP contribution in [0.2, 0.25) is 0 Å². The number of imidazole rings is 1. The smallest absolute Gasteiger partial charge is 0.216 e. The quantitative estimate of drug-likeness (QED) is 0.126. The van der Waals surface area contributed by atoms with Crippen LogP contribution in [0.1, 0.15) is 82.9 Å². The van der Waals surface area contributed by atoms with Crippen molar-refractivity contribution in [1.29, 1.82) is 0 Å². The van der Waals surface area contributed by atoms with E-state index in [1.807, 2.05) is 0 Å². The Morgan fingerprint density at radius 3 is 2.09 bits per heavy atom. The normalized spacial score (nSPS) is 17.9. The number of fused-ring (bicyclic) bond motifs is 5. The molecule has 1 aliphatic heterocycles. The Morgan fingerprint density at radius 1 is 0.660 bits per heavy atom. The number of para-hydroxylation sites is 3. The van der Waals surface area contributed by atoms with Crippen LogP contribution in [0.25, 0.3) is 50.5 Å². The molecule has 5 aromatic carbocycles. The molecule has 3 nitrogen and oxygen atoms in total. The lowest BCUT2D eigenvalue weighted by Crippen LogP contribution is -2.68. The predicted octanol–water partition coefficient (Wildman–Crippen LogP) is 11.9. The molecule has 7 aromatic rings. The van der Waals surface area contributed by atoms with Crippen LogP contribution in [0.5, 0.6) is 0 Å². The highest BCUT2D eigenvalue weighted by molar-refractivity contribution is 5.81. The highest BCUT2D eigenvalue weighted by atomic mass is 15.2. The molecule has 2 atom stereocenters. The molecule has 266 valence electrons. The average molecular weight is 696 g/mol. The van der Waals surface area contributed by atoms with Crippen molar-refractivity contribution in [3.8, 4) is 39.5 Å². The van der Waals surface area contributed by atoms with Crippen molar-refractivity contribution in [1.82, 2.24) is 4.57 Å². The minimum Gasteiger partial charge on any atom is -0.216 e. The van der Waals surface area contributed by atoms with Crippen molar-refractivity contribution in [2.45, 2.75) is 90.6 Å². The molecule has 0 saturated carbocycles. The second kappa shape index (κ2) is 13.9. The van der Waals surface area contributed by atoms with E-state index in [0.29, 0.717) is 5.92 Å². The summed E-state index contributed by atoms with van der Waals surface area (Å²) in [6.45, 7) is 15.2. The zero-order valence-corrected chi connectivity index (χ0v) is 32.3. The Balaban J connectivity index is 1.28. The molecule has 3 heterocycles. The van der Waals surface area contributed by atoms with Gasteiger partial charge in [-0.15, -0.1) is 0 Å². The van der Waals surface area contributed by atoms with Gasteiger partial charge in [-0.3, -0.25) is 0 Å². The lowest BCUT2D eigenvalue weighted by molar-refractivity contribution is -0.744. The Labute approximate surface area is 316 Å². The highest BCUT2D eigenvalue weighted by Crippen LogP contribution is 2.54. The van der Waals surface area contributed by atoms with Crippen molar-refractivity contribution in [2.24, 2.45) is 0 Å². The van der Waals surface area contributed by atoms with Gasteiger partial charge in [0.05, 0.1) is 5.56 Å². The van der Waals surface area contributed by atoms with E-state index >= 15 is 0 Å². The summed E-state index contributed by atoms with van der Waals surface area (Å²) in [5, 5.41) is 0. The van der Waals surface area contributed by atoms with Gasteiger partial charge >= 0.3 is 0 Å². The van der Waals surface area contributed by atoms with Crippen LogP contribution in [0, 0.1) is 6.92 Å². The summed E-state index contributed by atoms with van der Waals surface area (Å²) in [7, 11) is 0. The fourth-order valence-corrected chi connectivity index (χ4v) is 9.77. The molecule has 3 heteroatoms. The Bertz CT molecular complexity index is 2420. The molecule has 0 aliphatic carbocycles. The highest BCUT2D eigenvalue weighted by Gasteiger charge is 2.58. The van der Waals surface area contributed by atoms with Crippen molar-refractivity contribution in [3.63, 3.8) is 0 Å². The SMILES string of the molecule is CCC1(CCC[n+]2cc(-c3ccccc3)ccc2-c2ccccc2C)c2ccccc2-c2n(-c3ccccc3C(C)C)c3ccccc3[n+]2C1(C)CC. The molecule has 0 radical (unpaired) electrons. The first kappa shape index (κ1) is 34.8. The second-order valence-electron chi connectivity index (χ2n) is 15.6. The summed E-state index contributed by atoms with van der Waals surface area (Å²) in [5.74, 6) is 1.71. The van der Waals surface area contributed by atoms with Gasteiger partial charge < -0.3 is 0 Å². The summed E-state index contributed by atoms with van der Waals surface area (Å²) in [6.07, 6.45) is 6.61. The lowest BCUT2D eigenvalue weighted by atomic mass is 9.58. The van der Waals surface area contributed by atoms with Crippen LogP contribution in [0.15, 0.2) is 146 Å². The van der Waals surface area contributed by atoms with E-state index in [-0.39, 0.29) is 11.0 Å². The van der Waals surface area contributed by atoms with Crippen molar-refractivity contribution >= 4 is 11.0 Å². The van der Waals surface area contributed by atoms with Crippen LogP contribution in [-0.2, 0) is 17.5 Å². The third-order valence-electron chi connectivity index (χ3n) is 12.6. The topological polar surface area (TPSA) is 12.7 Å². The first-order chi connectivity index (χ1) is 25.8. The van der Waals surface area contributed by atoms with Crippen LogP contribution < -0.4 is 9.13 Å². The van der Waals surface area contributed by atoms with Gasteiger partial charge in [-0.2, -0.15) is 9.13 Å². The standard InChI is InChI=1S/C50H53N3/c1-7-49(6)50(8-2,33-20-34-51-35-39(38-22-10-9-11-23-38)31-32-44(51)41-25-13-12-21-37(41)5)43-27-16-14-26-42(43)48-52(45-28-17-15-24-40(45)36(3)4)46-29-18-19-30-47(46)53(48)49/h9-19,21-32,35-36H,7-8,20,33-34H2,1-6H3/q+2. The number of nitrogens with zero attached hydrogens (tertiary/aromatic N) is 3. The number of benzene rings is 5. The van der Waals surface area contributed by atoms with Gasteiger partial charge in [-0.1, -0.05) is 125 Å². The average Bonchev–Trinajstić information content (AvgIpc) is 3.56. The number of aromatic nitrogens is 3. The molecule has 1 aliphatic rings. The Kier molecular flexibility index (Phi) is 9.15. The molecule has 0 saturated heterocycles. The van der Waals surface area contributed by atoms with Crippen LogP contribution in [0.4, 0.5) is 0 Å². The van der Waals surface area contributed by atoms with E-state index in [1.165, 1.54) is 67.2 Å². The van der Waals surface area contributed by atoms with E-state index in [0.717, 1.165) is 32.2 Å². The van der Waals surface area contributed by atoms with E-state index in [2.05, 4.69) is 201 Å². The number of aryl methyl sites for hydroxylation is 2. The third-order valence-corrected chi connectivity index (χ3v) is 12.6. The predicted molar refractivity (Wildman–Crippen MR) is 220 cm³/mol. The molecule has 0 N–H and O–H groups in total. The maximum absolute atomic E-state index is 2.76. The Morgan fingerprint density at radius 2 is 1.34 bits per heavy atom. The fourth-order valence-electron chi connectivity index (χ4n) is 9.77. The number of hydrogen-bond acceptors (Lipinski definition) is 0. The second-order valence-corrected chi connectivity index (χ2v) is 15.6. The molecule has 8 rings (SSSR count). The summed E-state index contributed by atoms with van der Waals surface area (Å²) in [4.78, 5) is 0. The van der Waals surface area contributed by atoms with Crippen molar-refractivity contribution in [3.05, 3.63) is 162 Å². The lowest BCUT2D eigenvalue weighted by Gasteiger charge is -2.50. The molecular weight excluding hydrogens is 643 g/mol. The van der Waals surface area contributed by atoms with Gasteiger partial charge in [0.2, 0.25) is 5.69 Å². The fraction of sp³-hybridized carbons (Fsp3) is 0.280. The molecule has 0 bridgehead atoms. The minimum absolute atomic E-state index is 0.0804. The molecule has 2 unspecified atom stereocenters. The number of rotatable bonds is 10. The van der Waals surface area contributed by atoms with E-state index < -0.39 is 0 Å². The zero-order valence-electron chi connectivity index (χ0n) is 32.3. The molecule has 0 spiro atoms. The molecule has 0 amide bonds. The number of pyridine rings is 1. The van der Waals surface area contributed by atoms with Gasteiger partial charge in [0.15, 0.2) is 17.2 Å².